The van der Waals surface area contributed by atoms with Crippen LogP contribution in [0.4, 0.5) is 0 Å². The molecule has 0 fully saturated rings. The minimum absolute atomic E-state index is 0.00775. The van der Waals surface area contributed by atoms with Crippen molar-refractivity contribution in [1.29, 1.82) is 0 Å². The van der Waals surface area contributed by atoms with Crippen molar-refractivity contribution < 1.29 is 29.0 Å². The molecule has 0 saturated heterocycles. The van der Waals surface area contributed by atoms with E-state index in [9.17, 15) is 19.5 Å². The monoisotopic (exact) mass is 668 g/mol. The highest BCUT2D eigenvalue weighted by atomic mass is 16.5. The van der Waals surface area contributed by atoms with E-state index in [4.69, 9.17) is 9.47 Å². The Balaban J connectivity index is 1.55. The van der Waals surface area contributed by atoms with Gasteiger partial charge in [0.1, 0.15) is 19.0 Å². The molecule has 8 nitrogen and oxygen atoms in total. The number of amides is 2. The van der Waals surface area contributed by atoms with Crippen LogP contribution in [0.25, 0.3) is 0 Å². The lowest BCUT2D eigenvalue weighted by Gasteiger charge is -2.32. The third-order valence-corrected chi connectivity index (χ3v) is 8.36. The van der Waals surface area contributed by atoms with Gasteiger partial charge in [-0.1, -0.05) is 106 Å². The van der Waals surface area contributed by atoms with Gasteiger partial charge in [0.2, 0.25) is 11.8 Å². The normalized spacial score (nSPS) is 13.6. The summed E-state index contributed by atoms with van der Waals surface area (Å²) in [6.45, 7) is 13.6. The Bertz CT molecular complexity index is 1470. The molecule has 3 aromatic carbocycles. The predicted octanol–water partition coefficient (Wildman–Crippen LogP) is 6.38. The van der Waals surface area contributed by atoms with E-state index >= 15 is 0 Å². The van der Waals surface area contributed by atoms with Crippen LogP contribution in [0.5, 0.6) is 5.75 Å². The molecule has 2 amide bonds. The molecule has 0 bridgehead atoms. The van der Waals surface area contributed by atoms with Crippen molar-refractivity contribution in [3.05, 3.63) is 127 Å². The summed E-state index contributed by atoms with van der Waals surface area (Å²) >= 11 is 0. The van der Waals surface area contributed by atoms with E-state index < -0.39 is 23.4 Å². The maximum atomic E-state index is 13.5. The maximum Gasteiger partial charge on any atom is 0.309 e. The topological polar surface area (TPSA) is 114 Å². The maximum absolute atomic E-state index is 13.5. The lowest BCUT2D eigenvalue weighted by atomic mass is 9.86. The SMILES string of the molecule is C=CCC(CC(=O)NC(CO)Cc1ccc(OCc2ccccc2)cc1)C(=O)NC(COC(=O)C(CC=C)Cc1ccccc1)C(C)(C)C. The number of benzene rings is 3. The summed E-state index contributed by atoms with van der Waals surface area (Å²) in [5, 5.41) is 15.9. The first-order chi connectivity index (χ1) is 23.5. The minimum Gasteiger partial charge on any atom is -0.489 e. The molecule has 3 rings (SSSR count). The number of esters is 1. The summed E-state index contributed by atoms with van der Waals surface area (Å²) in [5.41, 5.74) is 2.59. The Labute approximate surface area is 291 Å². The Morgan fingerprint density at radius 1 is 0.776 bits per heavy atom. The van der Waals surface area contributed by atoms with Crippen LogP contribution in [0.2, 0.25) is 0 Å². The van der Waals surface area contributed by atoms with Crippen molar-refractivity contribution >= 4 is 17.8 Å². The zero-order chi connectivity index (χ0) is 35.6. The molecular formula is C41H52N2O6. The summed E-state index contributed by atoms with van der Waals surface area (Å²) < 4.78 is 11.6. The number of carbonyl (C=O) groups is 3. The second kappa shape index (κ2) is 20.0. The lowest BCUT2D eigenvalue weighted by Crippen LogP contribution is -2.50. The lowest BCUT2D eigenvalue weighted by molar-refractivity contribution is -0.150. The Morgan fingerprint density at radius 3 is 1.92 bits per heavy atom. The highest BCUT2D eigenvalue weighted by molar-refractivity contribution is 5.86. The van der Waals surface area contributed by atoms with Crippen molar-refractivity contribution in [2.75, 3.05) is 13.2 Å². The predicted molar refractivity (Wildman–Crippen MR) is 194 cm³/mol. The van der Waals surface area contributed by atoms with Crippen LogP contribution in [-0.2, 0) is 38.6 Å². The van der Waals surface area contributed by atoms with E-state index in [2.05, 4.69) is 23.8 Å². The van der Waals surface area contributed by atoms with Crippen molar-refractivity contribution in [1.82, 2.24) is 10.6 Å². The van der Waals surface area contributed by atoms with Crippen molar-refractivity contribution in [2.45, 2.75) is 71.6 Å². The van der Waals surface area contributed by atoms with Gasteiger partial charge in [-0.25, -0.2) is 0 Å². The molecule has 0 radical (unpaired) electrons. The van der Waals surface area contributed by atoms with Gasteiger partial charge in [0.05, 0.1) is 30.5 Å². The number of aliphatic hydroxyl groups excluding tert-OH is 1. The quantitative estimate of drug-likeness (QED) is 0.0952. The fourth-order valence-corrected chi connectivity index (χ4v) is 5.35. The Kier molecular flexibility index (Phi) is 15.8. The van der Waals surface area contributed by atoms with Crippen molar-refractivity contribution in [3.8, 4) is 5.75 Å². The van der Waals surface area contributed by atoms with Gasteiger partial charge in [0.25, 0.3) is 0 Å². The summed E-state index contributed by atoms with van der Waals surface area (Å²) in [6.07, 6.45) is 4.92. The van der Waals surface area contributed by atoms with Gasteiger partial charge in [-0.2, -0.15) is 0 Å². The van der Waals surface area contributed by atoms with Crippen LogP contribution >= 0.6 is 0 Å². The fourth-order valence-electron chi connectivity index (χ4n) is 5.35. The molecule has 4 atom stereocenters. The van der Waals surface area contributed by atoms with Gasteiger partial charge in [-0.3, -0.25) is 14.4 Å². The number of allylic oxidation sites excluding steroid dienone is 2. The van der Waals surface area contributed by atoms with Crippen LogP contribution in [0, 0.1) is 17.3 Å². The number of nitrogens with one attached hydrogen (secondary N) is 2. The van der Waals surface area contributed by atoms with Crippen molar-refractivity contribution in [2.24, 2.45) is 17.3 Å². The zero-order valence-electron chi connectivity index (χ0n) is 29.1. The second-order valence-corrected chi connectivity index (χ2v) is 13.5. The molecule has 262 valence electrons. The molecular weight excluding hydrogens is 616 g/mol. The first-order valence-corrected chi connectivity index (χ1v) is 16.9. The van der Waals surface area contributed by atoms with Crippen LogP contribution < -0.4 is 15.4 Å². The first-order valence-electron chi connectivity index (χ1n) is 16.9. The number of hydrogen-bond donors (Lipinski definition) is 3. The number of ether oxygens (including phenoxy) is 2. The molecule has 49 heavy (non-hydrogen) atoms. The molecule has 0 aliphatic rings. The van der Waals surface area contributed by atoms with Crippen molar-refractivity contribution in [3.63, 3.8) is 0 Å². The van der Waals surface area contributed by atoms with E-state index in [1.807, 2.05) is 106 Å². The van der Waals surface area contributed by atoms with E-state index in [0.29, 0.717) is 25.9 Å². The number of rotatable bonds is 20. The first kappa shape index (κ1) is 38.8. The summed E-state index contributed by atoms with van der Waals surface area (Å²) in [7, 11) is 0. The molecule has 0 aliphatic carbocycles. The Morgan fingerprint density at radius 2 is 1.35 bits per heavy atom. The van der Waals surface area contributed by atoms with Crippen LogP contribution in [0.15, 0.2) is 110 Å². The average molecular weight is 669 g/mol. The molecule has 3 N–H and O–H groups in total. The van der Waals surface area contributed by atoms with E-state index in [1.165, 1.54) is 0 Å². The molecule has 4 unspecified atom stereocenters. The summed E-state index contributed by atoms with van der Waals surface area (Å²) in [5.74, 6) is -1.38. The highest BCUT2D eigenvalue weighted by Gasteiger charge is 2.32. The van der Waals surface area contributed by atoms with E-state index in [1.54, 1.807) is 12.2 Å². The third kappa shape index (κ3) is 13.8. The number of aliphatic hydroxyl groups is 1. The van der Waals surface area contributed by atoms with Gasteiger partial charge in [-0.15, -0.1) is 13.2 Å². The number of hydrogen-bond acceptors (Lipinski definition) is 6. The largest absolute Gasteiger partial charge is 0.489 e. The molecule has 0 heterocycles. The van der Waals surface area contributed by atoms with Gasteiger partial charge in [0.15, 0.2) is 0 Å². The summed E-state index contributed by atoms with van der Waals surface area (Å²) in [4.78, 5) is 39.8. The van der Waals surface area contributed by atoms with Crippen LogP contribution in [0.1, 0.15) is 56.7 Å². The molecule has 0 saturated carbocycles. The van der Waals surface area contributed by atoms with Gasteiger partial charge < -0.3 is 25.2 Å². The molecule has 0 spiro atoms. The zero-order valence-corrected chi connectivity index (χ0v) is 29.1. The molecule has 8 heteroatoms. The minimum atomic E-state index is -0.690. The second-order valence-electron chi connectivity index (χ2n) is 13.5. The standard InChI is InChI=1S/C41H52N2O6/c1-6-14-33(26-38(45)42-35(27-44)25-31-20-22-36(23-21-31)48-28-32-18-12-9-13-19-32)39(46)43-37(41(3,4)5)29-49-40(47)34(15-7-2)24-30-16-10-8-11-17-30/h6-13,16-23,33-35,37,44H,1-2,14-15,24-29H2,3-5H3,(H,42,45)(H,43,46). The van der Waals surface area contributed by atoms with Crippen LogP contribution in [-0.4, -0.2) is 48.2 Å². The highest BCUT2D eigenvalue weighted by Crippen LogP contribution is 2.23. The fraction of sp³-hybridized carbons (Fsp3) is 0.390. The smallest absolute Gasteiger partial charge is 0.309 e. The Hall–Kier alpha value is -4.69. The van der Waals surface area contributed by atoms with Gasteiger partial charge >= 0.3 is 5.97 Å². The van der Waals surface area contributed by atoms with E-state index in [-0.39, 0.29) is 49.8 Å². The number of carbonyl (C=O) groups excluding carboxylic acids is 3. The average Bonchev–Trinajstić information content (AvgIpc) is 3.09. The van der Waals surface area contributed by atoms with Crippen LogP contribution in [0.3, 0.4) is 0 Å². The van der Waals surface area contributed by atoms with Gasteiger partial charge in [0, 0.05) is 6.42 Å². The summed E-state index contributed by atoms with van der Waals surface area (Å²) in [6, 6.07) is 26.2. The molecule has 0 aromatic heterocycles. The van der Waals surface area contributed by atoms with E-state index in [0.717, 1.165) is 22.4 Å². The van der Waals surface area contributed by atoms with Gasteiger partial charge in [-0.05, 0) is 59.9 Å². The molecule has 0 aliphatic heterocycles. The molecule has 3 aromatic rings. The third-order valence-electron chi connectivity index (χ3n) is 8.36.